The molecule has 0 atom stereocenters. The second-order valence-electron chi connectivity index (χ2n) is 6.56. The Hall–Kier alpha value is -4.08. The van der Waals surface area contributed by atoms with Crippen LogP contribution < -0.4 is 20.7 Å². The van der Waals surface area contributed by atoms with E-state index in [0.29, 0.717) is 16.9 Å². The monoisotopic (exact) mass is 444 g/mol. The van der Waals surface area contributed by atoms with Crippen molar-refractivity contribution in [1.29, 1.82) is 0 Å². The fraction of sp³-hybridized carbons (Fsp3) is 0.136. The highest BCUT2D eigenvalue weighted by Gasteiger charge is 2.30. The number of amides is 3. The fourth-order valence-corrected chi connectivity index (χ4v) is 2.71. The van der Waals surface area contributed by atoms with Gasteiger partial charge >= 0.3 is 12.2 Å². The van der Waals surface area contributed by atoms with Gasteiger partial charge in [0, 0.05) is 37.1 Å². The normalized spacial score (nSPS) is 10.9. The Bertz CT molecular complexity index is 1100. The van der Waals surface area contributed by atoms with Gasteiger partial charge in [-0.05, 0) is 30.3 Å². The Balaban J connectivity index is 1.63. The number of hydrogen-bond donors (Lipinski definition) is 3. The molecule has 3 amide bonds. The number of carbonyl (C=O) groups excluding carboxylic acids is 2. The van der Waals surface area contributed by atoms with E-state index in [4.69, 9.17) is 4.74 Å². The number of carbonyl (C=O) groups is 2. The van der Waals surface area contributed by atoms with Crippen molar-refractivity contribution in [2.24, 2.45) is 0 Å². The van der Waals surface area contributed by atoms with Crippen LogP contribution in [0, 0.1) is 0 Å². The first kappa shape index (κ1) is 22.6. The molecule has 3 aromatic rings. The molecular formula is C22H19F3N4O3. The van der Waals surface area contributed by atoms with Gasteiger partial charge in [0.1, 0.15) is 5.75 Å². The summed E-state index contributed by atoms with van der Waals surface area (Å²) in [5, 5.41) is 7.45. The van der Waals surface area contributed by atoms with Crippen molar-refractivity contribution in [3.05, 3.63) is 83.6 Å². The van der Waals surface area contributed by atoms with Crippen LogP contribution in [0.4, 0.5) is 23.7 Å². The maximum absolute atomic E-state index is 12.8. The molecule has 3 N–H and O–H groups in total. The Labute approximate surface area is 181 Å². The summed E-state index contributed by atoms with van der Waals surface area (Å²) < 4.78 is 44.2. The molecule has 0 aliphatic rings. The van der Waals surface area contributed by atoms with Gasteiger partial charge in [0.15, 0.2) is 0 Å². The number of halogens is 3. The van der Waals surface area contributed by atoms with E-state index >= 15 is 0 Å². The van der Waals surface area contributed by atoms with E-state index in [9.17, 15) is 22.8 Å². The van der Waals surface area contributed by atoms with Gasteiger partial charge < -0.3 is 20.7 Å². The van der Waals surface area contributed by atoms with Gasteiger partial charge in [0.05, 0.1) is 11.1 Å². The Morgan fingerprint density at radius 3 is 2.50 bits per heavy atom. The van der Waals surface area contributed by atoms with E-state index in [1.165, 1.54) is 31.4 Å². The summed E-state index contributed by atoms with van der Waals surface area (Å²) in [5.74, 6) is 0.394. The predicted molar refractivity (Wildman–Crippen MR) is 111 cm³/mol. The maximum atomic E-state index is 12.8. The lowest BCUT2D eigenvalue weighted by Crippen LogP contribution is -2.28. The zero-order chi connectivity index (χ0) is 23.1. The van der Waals surface area contributed by atoms with Crippen molar-refractivity contribution < 1.29 is 27.5 Å². The Morgan fingerprint density at radius 1 is 1.03 bits per heavy atom. The minimum absolute atomic E-state index is 0.0160. The average Bonchev–Trinajstić information content (AvgIpc) is 2.78. The van der Waals surface area contributed by atoms with Crippen LogP contribution in [-0.4, -0.2) is 24.0 Å². The standard InChI is InChI=1S/C22H19F3N4O3/c1-26-20(30)15-9-10-19(27-13-15)32-18-8-3-2-5-14(18)12-28-21(31)29-17-7-4-6-16(11-17)22(23,24)25/h2-11,13H,12H2,1H3,(H,26,30)(H2,28,29,31). The van der Waals surface area contributed by atoms with Crippen LogP contribution in [0.5, 0.6) is 11.6 Å². The van der Waals surface area contributed by atoms with Crippen molar-refractivity contribution in [3.63, 3.8) is 0 Å². The SMILES string of the molecule is CNC(=O)c1ccc(Oc2ccccc2CNC(=O)Nc2cccc(C(F)(F)F)c2)nc1. The molecule has 0 radical (unpaired) electrons. The van der Waals surface area contributed by atoms with Crippen molar-refractivity contribution >= 4 is 17.6 Å². The number of aromatic nitrogens is 1. The molecule has 166 valence electrons. The summed E-state index contributed by atoms with van der Waals surface area (Å²) in [6.45, 7) is 0.0529. The quantitative estimate of drug-likeness (QED) is 0.519. The van der Waals surface area contributed by atoms with Gasteiger partial charge in [0.2, 0.25) is 5.88 Å². The van der Waals surface area contributed by atoms with E-state index in [0.717, 1.165) is 12.1 Å². The summed E-state index contributed by atoms with van der Waals surface area (Å²) >= 11 is 0. The minimum atomic E-state index is -4.50. The number of rotatable bonds is 6. The highest BCUT2D eigenvalue weighted by molar-refractivity contribution is 5.93. The van der Waals surface area contributed by atoms with Crippen LogP contribution in [-0.2, 0) is 12.7 Å². The zero-order valence-electron chi connectivity index (χ0n) is 16.9. The number of urea groups is 1. The lowest BCUT2D eigenvalue weighted by atomic mass is 10.2. The number of pyridine rings is 1. The lowest BCUT2D eigenvalue weighted by Gasteiger charge is -2.13. The number of hydrogen-bond acceptors (Lipinski definition) is 4. The molecule has 0 saturated carbocycles. The molecular weight excluding hydrogens is 425 g/mol. The molecule has 32 heavy (non-hydrogen) atoms. The van der Waals surface area contributed by atoms with Gasteiger partial charge in [-0.3, -0.25) is 4.79 Å². The molecule has 0 aliphatic carbocycles. The van der Waals surface area contributed by atoms with Crippen molar-refractivity contribution in [2.75, 3.05) is 12.4 Å². The van der Waals surface area contributed by atoms with Gasteiger partial charge in [-0.25, -0.2) is 9.78 Å². The molecule has 1 aromatic heterocycles. The van der Waals surface area contributed by atoms with E-state index in [-0.39, 0.29) is 24.0 Å². The molecule has 0 spiro atoms. The highest BCUT2D eigenvalue weighted by atomic mass is 19.4. The van der Waals surface area contributed by atoms with Crippen LogP contribution >= 0.6 is 0 Å². The molecule has 0 saturated heterocycles. The summed E-state index contributed by atoms with van der Waals surface area (Å²) in [5.41, 5.74) is 0.149. The molecule has 2 aromatic carbocycles. The number of para-hydroxylation sites is 1. The van der Waals surface area contributed by atoms with E-state index in [2.05, 4.69) is 20.9 Å². The van der Waals surface area contributed by atoms with Crippen molar-refractivity contribution in [3.8, 4) is 11.6 Å². The highest BCUT2D eigenvalue weighted by Crippen LogP contribution is 2.30. The van der Waals surface area contributed by atoms with E-state index < -0.39 is 17.8 Å². The van der Waals surface area contributed by atoms with Crippen LogP contribution in [0.25, 0.3) is 0 Å². The zero-order valence-corrected chi connectivity index (χ0v) is 16.9. The Morgan fingerprint density at radius 2 is 1.81 bits per heavy atom. The number of anilines is 1. The number of benzene rings is 2. The van der Waals surface area contributed by atoms with Crippen molar-refractivity contribution in [1.82, 2.24) is 15.6 Å². The Kier molecular flexibility index (Phi) is 6.93. The number of nitrogens with one attached hydrogen (secondary N) is 3. The second-order valence-corrected chi connectivity index (χ2v) is 6.56. The summed E-state index contributed by atoms with van der Waals surface area (Å²) in [6.07, 6.45) is -3.13. The summed E-state index contributed by atoms with van der Waals surface area (Å²) in [6, 6.07) is 13.7. The largest absolute Gasteiger partial charge is 0.439 e. The van der Waals surface area contributed by atoms with Crippen LogP contribution in [0.2, 0.25) is 0 Å². The molecule has 7 nitrogen and oxygen atoms in total. The number of alkyl halides is 3. The molecule has 0 unspecified atom stereocenters. The predicted octanol–water partition coefficient (Wildman–Crippen LogP) is 4.57. The molecule has 3 rings (SSSR count). The summed E-state index contributed by atoms with van der Waals surface area (Å²) in [7, 11) is 1.51. The third-order valence-corrected chi connectivity index (χ3v) is 4.30. The molecule has 10 heteroatoms. The smallest absolute Gasteiger partial charge is 0.416 e. The molecule has 0 fully saturated rings. The first-order valence-corrected chi connectivity index (χ1v) is 9.42. The molecule has 0 bridgehead atoms. The minimum Gasteiger partial charge on any atom is -0.439 e. The second kappa shape index (κ2) is 9.82. The molecule has 1 heterocycles. The third-order valence-electron chi connectivity index (χ3n) is 4.30. The molecule has 0 aliphatic heterocycles. The van der Waals surface area contributed by atoms with Crippen LogP contribution in [0.15, 0.2) is 66.9 Å². The average molecular weight is 444 g/mol. The first-order valence-electron chi connectivity index (χ1n) is 9.42. The lowest BCUT2D eigenvalue weighted by molar-refractivity contribution is -0.137. The van der Waals surface area contributed by atoms with E-state index in [1.807, 2.05) is 0 Å². The fourth-order valence-electron chi connectivity index (χ4n) is 2.71. The van der Waals surface area contributed by atoms with Gasteiger partial charge in [-0.2, -0.15) is 13.2 Å². The third kappa shape index (κ3) is 5.97. The van der Waals surface area contributed by atoms with E-state index in [1.54, 1.807) is 30.3 Å². The number of ether oxygens (including phenoxy) is 1. The van der Waals surface area contributed by atoms with Crippen molar-refractivity contribution in [2.45, 2.75) is 12.7 Å². The maximum Gasteiger partial charge on any atom is 0.416 e. The van der Waals surface area contributed by atoms with Gasteiger partial charge in [-0.1, -0.05) is 24.3 Å². The number of nitrogens with zero attached hydrogens (tertiary/aromatic N) is 1. The summed E-state index contributed by atoms with van der Waals surface area (Å²) in [4.78, 5) is 27.8. The topological polar surface area (TPSA) is 92.4 Å². The van der Waals surface area contributed by atoms with Gasteiger partial charge in [-0.15, -0.1) is 0 Å². The van der Waals surface area contributed by atoms with Gasteiger partial charge in [0.25, 0.3) is 5.91 Å². The van der Waals surface area contributed by atoms with Crippen LogP contribution in [0.3, 0.4) is 0 Å². The van der Waals surface area contributed by atoms with Crippen LogP contribution in [0.1, 0.15) is 21.5 Å². The first-order chi connectivity index (χ1) is 15.3.